The van der Waals surface area contributed by atoms with Crippen molar-refractivity contribution in [1.29, 1.82) is 0 Å². The molecule has 3 aromatic rings. The molecule has 4 atom stereocenters. The van der Waals surface area contributed by atoms with Gasteiger partial charge in [-0.1, -0.05) is 13.0 Å². The van der Waals surface area contributed by atoms with Crippen molar-refractivity contribution >= 4 is 16.8 Å². The average Bonchev–Trinajstić information content (AvgIpc) is 3.07. The monoisotopic (exact) mass is 496 g/mol. The predicted octanol–water partition coefficient (Wildman–Crippen LogP) is 4.73. The molecular weight excluding hydrogens is 475 g/mol. The number of fused-ring (bicyclic) bond motifs is 1. The minimum absolute atomic E-state index is 0.00839. The smallest absolute Gasteiger partial charge is 0.417 e. The van der Waals surface area contributed by atoms with Gasteiger partial charge in [-0.25, -0.2) is 4.39 Å². The Morgan fingerprint density at radius 2 is 1.86 bits per heavy atom. The van der Waals surface area contributed by atoms with Crippen molar-refractivity contribution in [3.05, 3.63) is 75.1 Å². The van der Waals surface area contributed by atoms with Crippen LogP contribution in [0.3, 0.4) is 0 Å². The van der Waals surface area contributed by atoms with Gasteiger partial charge in [0.1, 0.15) is 6.10 Å². The largest absolute Gasteiger partial charge is 0.493 e. The first kappa shape index (κ1) is 24.6. The number of nitrogens with one attached hydrogen (secondary N) is 1. The summed E-state index contributed by atoms with van der Waals surface area (Å²) in [5, 5.41) is 0.0941. The number of primary amides is 1. The molecule has 11 heteroatoms. The summed E-state index contributed by atoms with van der Waals surface area (Å²) < 4.78 is 81.4. The van der Waals surface area contributed by atoms with Gasteiger partial charge in [0, 0.05) is 45.6 Å². The zero-order valence-electron chi connectivity index (χ0n) is 18.8. The highest BCUT2D eigenvalue weighted by molar-refractivity contribution is 5.96. The van der Waals surface area contributed by atoms with Gasteiger partial charge in [-0.15, -0.1) is 0 Å². The zero-order chi connectivity index (χ0) is 25.9. The number of carbonyl (C=O) groups is 1. The Balaban J connectivity index is 1.94. The van der Waals surface area contributed by atoms with Crippen molar-refractivity contribution in [2.45, 2.75) is 37.6 Å². The number of ether oxygens (including phenoxy) is 2. The van der Waals surface area contributed by atoms with Gasteiger partial charge in [0.2, 0.25) is 11.7 Å². The fourth-order valence-corrected chi connectivity index (χ4v) is 4.65. The summed E-state index contributed by atoms with van der Waals surface area (Å²) in [7, 11) is 1.08. The quantitative estimate of drug-likeness (QED) is 0.511. The van der Waals surface area contributed by atoms with E-state index in [1.165, 1.54) is 25.1 Å². The number of carbonyl (C=O) groups excluding carboxylic acids is 1. The number of hydrogen-bond acceptors (Lipinski definition) is 4. The summed E-state index contributed by atoms with van der Waals surface area (Å²) in [6.45, 7) is 2.16. The second-order valence-electron chi connectivity index (χ2n) is 8.66. The third-order valence-electron chi connectivity index (χ3n) is 6.75. The van der Waals surface area contributed by atoms with E-state index in [-0.39, 0.29) is 27.7 Å². The Morgan fingerprint density at radius 1 is 1.17 bits per heavy atom. The van der Waals surface area contributed by atoms with Crippen molar-refractivity contribution in [1.82, 2.24) is 4.98 Å². The summed E-state index contributed by atoms with van der Waals surface area (Å²) in [5.74, 6) is -6.34. The van der Waals surface area contributed by atoms with Crippen LogP contribution in [0.4, 0.5) is 22.0 Å². The van der Waals surface area contributed by atoms with Crippen LogP contribution in [0.2, 0.25) is 0 Å². The number of H-pyrrole nitrogens is 1. The minimum atomic E-state index is -4.82. The normalized spacial score (nSPS) is 24.6. The predicted molar refractivity (Wildman–Crippen MR) is 116 cm³/mol. The number of alkyl halides is 3. The molecule has 1 aromatic heterocycles. The van der Waals surface area contributed by atoms with Crippen LogP contribution in [-0.4, -0.2) is 29.8 Å². The molecule has 0 aliphatic carbocycles. The first-order valence-electron chi connectivity index (χ1n) is 10.5. The standard InChI is InChI=1S/C24H21F5N2O4/c1-10-18(12-5-6-14(25)19(26)20(12)34-3)21(35-23(10,2)24(27,28)29)16-9-17(32)13-8-11(22(30)33)4-7-15(13)31-16/h4-10,18,21H,1-3H3,(H2,30,33)(H,31,32)/t10-,18-,21-,23+/m0/s1. The van der Waals surface area contributed by atoms with Crippen molar-refractivity contribution in [3.63, 3.8) is 0 Å². The number of nitrogens with two attached hydrogens (primary N) is 1. The van der Waals surface area contributed by atoms with E-state index >= 15 is 0 Å². The van der Waals surface area contributed by atoms with Gasteiger partial charge in [0.25, 0.3) is 0 Å². The Hall–Kier alpha value is -3.47. The fraction of sp³-hybridized carbons (Fsp3) is 0.333. The van der Waals surface area contributed by atoms with Gasteiger partial charge < -0.3 is 20.2 Å². The van der Waals surface area contributed by atoms with Crippen LogP contribution in [0.25, 0.3) is 10.9 Å². The summed E-state index contributed by atoms with van der Waals surface area (Å²) in [6, 6.07) is 7.04. The first-order valence-corrected chi connectivity index (χ1v) is 10.5. The number of pyridine rings is 1. The number of aromatic nitrogens is 1. The molecular formula is C24H21F5N2O4. The van der Waals surface area contributed by atoms with Crippen molar-refractivity contribution in [2.24, 2.45) is 11.7 Å². The Morgan fingerprint density at radius 3 is 2.46 bits per heavy atom. The van der Waals surface area contributed by atoms with Crippen molar-refractivity contribution in [2.75, 3.05) is 7.11 Å². The van der Waals surface area contributed by atoms with E-state index in [9.17, 15) is 31.5 Å². The molecule has 1 saturated heterocycles. The van der Waals surface area contributed by atoms with E-state index in [4.69, 9.17) is 15.2 Å². The van der Waals surface area contributed by atoms with Crippen molar-refractivity contribution in [3.8, 4) is 5.75 Å². The van der Waals surface area contributed by atoms with E-state index in [1.54, 1.807) is 0 Å². The highest BCUT2D eigenvalue weighted by atomic mass is 19.4. The van der Waals surface area contributed by atoms with Gasteiger partial charge >= 0.3 is 6.18 Å². The number of methoxy groups -OCH3 is 1. The van der Waals surface area contributed by atoms with Crippen LogP contribution >= 0.6 is 0 Å². The number of amides is 1. The molecule has 2 heterocycles. The van der Waals surface area contributed by atoms with Crippen LogP contribution in [0, 0.1) is 17.6 Å². The number of hydrogen-bond donors (Lipinski definition) is 2. The number of benzene rings is 2. The molecule has 4 rings (SSSR count). The molecule has 0 radical (unpaired) electrons. The van der Waals surface area contributed by atoms with Crippen LogP contribution in [-0.2, 0) is 4.74 Å². The van der Waals surface area contributed by atoms with Crippen LogP contribution in [0.5, 0.6) is 5.75 Å². The van der Waals surface area contributed by atoms with E-state index < -0.39 is 58.4 Å². The fourth-order valence-electron chi connectivity index (χ4n) is 4.65. The molecule has 0 unspecified atom stereocenters. The van der Waals surface area contributed by atoms with Gasteiger partial charge in [-0.2, -0.15) is 17.6 Å². The van der Waals surface area contributed by atoms with E-state index in [1.807, 2.05) is 0 Å². The maximum Gasteiger partial charge on any atom is 0.417 e. The molecule has 1 aliphatic heterocycles. The second kappa shape index (κ2) is 8.33. The number of rotatable bonds is 4. The Kier molecular flexibility index (Phi) is 5.87. The van der Waals surface area contributed by atoms with Gasteiger partial charge in [-0.05, 0) is 31.2 Å². The molecule has 2 aromatic carbocycles. The van der Waals surface area contributed by atoms with E-state index in [2.05, 4.69) is 4.98 Å². The summed E-state index contributed by atoms with van der Waals surface area (Å²) >= 11 is 0. The van der Waals surface area contributed by atoms with Crippen LogP contribution < -0.4 is 15.9 Å². The van der Waals surface area contributed by atoms with E-state index in [0.29, 0.717) is 0 Å². The highest BCUT2D eigenvalue weighted by Gasteiger charge is 2.65. The minimum Gasteiger partial charge on any atom is -0.493 e. The van der Waals surface area contributed by atoms with Gasteiger partial charge in [0.15, 0.2) is 22.6 Å². The lowest BCUT2D eigenvalue weighted by Crippen LogP contribution is -2.46. The highest BCUT2D eigenvalue weighted by Crippen LogP contribution is 2.59. The lowest BCUT2D eigenvalue weighted by molar-refractivity contribution is -0.275. The van der Waals surface area contributed by atoms with Crippen LogP contribution in [0.1, 0.15) is 47.5 Å². The Labute approximate surface area is 195 Å². The SMILES string of the molecule is COc1c([C@H]2[C@H](c3cc(=O)c4cc(C(N)=O)ccc4[nH]3)O[C@@](C)(C(F)(F)F)[C@H]2C)ccc(F)c1F. The maximum atomic E-state index is 14.5. The molecule has 186 valence electrons. The topological polar surface area (TPSA) is 94.4 Å². The first-order chi connectivity index (χ1) is 16.3. The zero-order valence-corrected chi connectivity index (χ0v) is 18.8. The summed E-state index contributed by atoms with van der Waals surface area (Å²) in [4.78, 5) is 27.2. The average molecular weight is 496 g/mol. The van der Waals surface area contributed by atoms with Crippen molar-refractivity contribution < 1.29 is 36.2 Å². The lowest BCUT2D eigenvalue weighted by atomic mass is 9.76. The Bertz CT molecular complexity index is 1390. The maximum absolute atomic E-state index is 14.5. The molecule has 1 fully saturated rings. The molecule has 0 saturated carbocycles. The molecule has 35 heavy (non-hydrogen) atoms. The summed E-state index contributed by atoms with van der Waals surface area (Å²) in [6.07, 6.45) is -6.22. The van der Waals surface area contributed by atoms with E-state index in [0.717, 1.165) is 32.2 Å². The number of aromatic amines is 1. The third-order valence-corrected chi connectivity index (χ3v) is 6.75. The third kappa shape index (κ3) is 3.83. The molecule has 6 nitrogen and oxygen atoms in total. The van der Waals surface area contributed by atoms with Gasteiger partial charge in [-0.3, -0.25) is 9.59 Å². The number of halogens is 5. The molecule has 1 amide bonds. The molecule has 0 spiro atoms. The van der Waals surface area contributed by atoms with Crippen LogP contribution in [0.15, 0.2) is 41.2 Å². The molecule has 1 aliphatic rings. The lowest BCUT2D eigenvalue weighted by Gasteiger charge is -2.32. The summed E-state index contributed by atoms with van der Waals surface area (Å²) in [5.41, 5.74) is 2.24. The molecule has 3 N–H and O–H groups in total. The molecule has 0 bridgehead atoms. The second-order valence-corrected chi connectivity index (χ2v) is 8.66. The van der Waals surface area contributed by atoms with Gasteiger partial charge in [0.05, 0.1) is 7.11 Å².